The summed E-state index contributed by atoms with van der Waals surface area (Å²) in [6.07, 6.45) is 2.78. The number of sulfonamides is 1. The van der Waals surface area contributed by atoms with Crippen molar-refractivity contribution in [3.8, 4) is 0 Å². The van der Waals surface area contributed by atoms with Gasteiger partial charge in [0.25, 0.3) is 10.0 Å². The Morgan fingerprint density at radius 1 is 1.14 bits per heavy atom. The average molecular weight is 339 g/mol. The molecule has 22 heavy (non-hydrogen) atoms. The van der Waals surface area contributed by atoms with Crippen molar-refractivity contribution in [2.45, 2.75) is 29.4 Å². The van der Waals surface area contributed by atoms with Crippen molar-refractivity contribution in [2.75, 3.05) is 13.1 Å². The van der Waals surface area contributed by atoms with E-state index in [1.807, 2.05) is 0 Å². The number of rotatable bonds is 3. The van der Waals surface area contributed by atoms with Crippen LogP contribution >= 0.6 is 11.3 Å². The molecule has 0 bridgehead atoms. The molecular weight excluding hydrogens is 321 g/mol. The summed E-state index contributed by atoms with van der Waals surface area (Å²) >= 11 is 1.25. The molecule has 1 unspecified atom stereocenters. The first kappa shape index (κ1) is 15.6. The molecule has 1 aromatic heterocycles. The van der Waals surface area contributed by atoms with E-state index in [-0.39, 0.29) is 11.7 Å². The second-order valence-corrected chi connectivity index (χ2v) is 8.65. The Morgan fingerprint density at radius 2 is 1.91 bits per heavy atom. The van der Waals surface area contributed by atoms with E-state index in [9.17, 15) is 12.8 Å². The van der Waals surface area contributed by atoms with Crippen molar-refractivity contribution in [3.63, 3.8) is 0 Å². The molecule has 0 radical (unpaired) electrons. The van der Waals surface area contributed by atoms with E-state index in [0.29, 0.717) is 17.3 Å². The molecular formula is C16H18FNO2S2. The van der Waals surface area contributed by atoms with Crippen LogP contribution in [-0.2, 0) is 10.0 Å². The average Bonchev–Trinajstić information content (AvgIpc) is 2.94. The molecule has 1 aliphatic rings. The van der Waals surface area contributed by atoms with Crippen LogP contribution in [-0.4, -0.2) is 25.8 Å². The molecule has 3 rings (SSSR count). The van der Waals surface area contributed by atoms with Gasteiger partial charge in [0.1, 0.15) is 10.0 Å². The predicted octanol–water partition coefficient (Wildman–Crippen LogP) is 3.85. The van der Waals surface area contributed by atoms with Crippen LogP contribution in [0.15, 0.2) is 46.0 Å². The SMILES string of the molecule is O=S(=O)(c1cccs1)N1CCCCC(c2ccc(F)cc2)C1. The molecule has 0 saturated carbocycles. The van der Waals surface area contributed by atoms with Gasteiger partial charge in [0.05, 0.1) is 0 Å². The summed E-state index contributed by atoms with van der Waals surface area (Å²) in [5, 5.41) is 1.78. The monoisotopic (exact) mass is 339 g/mol. The van der Waals surface area contributed by atoms with Crippen LogP contribution in [0.3, 0.4) is 0 Å². The Balaban J connectivity index is 1.85. The lowest BCUT2D eigenvalue weighted by atomic mass is 9.95. The Bertz CT molecular complexity index is 711. The number of hydrogen-bond donors (Lipinski definition) is 0. The third-order valence-electron chi connectivity index (χ3n) is 4.06. The fourth-order valence-corrected chi connectivity index (χ4v) is 5.54. The van der Waals surface area contributed by atoms with E-state index >= 15 is 0 Å². The summed E-state index contributed by atoms with van der Waals surface area (Å²) in [7, 11) is -3.41. The molecule has 2 aromatic rings. The van der Waals surface area contributed by atoms with Gasteiger partial charge in [0, 0.05) is 13.1 Å². The van der Waals surface area contributed by atoms with Crippen molar-refractivity contribution < 1.29 is 12.8 Å². The summed E-state index contributed by atoms with van der Waals surface area (Å²) < 4.78 is 40.5. The fraction of sp³-hybridized carbons (Fsp3) is 0.375. The molecule has 1 aromatic carbocycles. The molecule has 1 saturated heterocycles. The quantitative estimate of drug-likeness (QED) is 0.852. The molecule has 0 amide bonds. The highest BCUT2D eigenvalue weighted by atomic mass is 32.2. The summed E-state index contributed by atoms with van der Waals surface area (Å²) in [6.45, 7) is 1.02. The van der Waals surface area contributed by atoms with Crippen LogP contribution in [0.25, 0.3) is 0 Å². The Kier molecular flexibility index (Phi) is 4.61. The minimum absolute atomic E-state index is 0.123. The number of halogens is 1. The van der Waals surface area contributed by atoms with Gasteiger partial charge in [0.15, 0.2) is 0 Å². The maximum absolute atomic E-state index is 13.1. The normalized spacial score (nSPS) is 20.7. The lowest BCUT2D eigenvalue weighted by Crippen LogP contribution is -2.33. The van der Waals surface area contributed by atoms with Crippen LogP contribution in [0.2, 0.25) is 0 Å². The van der Waals surface area contributed by atoms with E-state index in [2.05, 4.69) is 0 Å². The van der Waals surface area contributed by atoms with Crippen LogP contribution < -0.4 is 0 Å². The number of nitrogens with zero attached hydrogens (tertiary/aromatic N) is 1. The first-order valence-electron chi connectivity index (χ1n) is 7.36. The van der Waals surface area contributed by atoms with Gasteiger partial charge in [-0.25, -0.2) is 12.8 Å². The highest BCUT2D eigenvalue weighted by Gasteiger charge is 2.30. The van der Waals surface area contributed by atoms with Crippen molar-refractivity contribution in [1.29, 1.82) is 0 Å². The zero-order valence-corrected chi connectivity index (χ0v) is 13.7. The van der Waals surface area contributed by atoms with Crippen LogP contribution in [0, 0.1) is 5.82 Å². The van der Waals surface area contributed by atoms with E-state index in [4.69, 9.17) is 0 Å². The van der Waals surface area contributed by atoms with E-state index in [1.165, 1.54) is 23.5 Å². The molecule has 0 aliphatic carbocycles. The minimum atomic E-state index is -3.41. The van der Waals surface area contributed by atoms with Gasteiger partial charge in [-0.1, -0.05) is 24.6 Å². The molecule has 1 atom stereocenters. The highest BCUT2D eigenvalue weighted by Crippen LogP contribution is 2.30. The summed E-state index contributed by atoms with van der Waals surface area (Å²) in [6, 6.07) is 9.82. The first-order chi connectivity index (χ1) is 10.6. The Morgan fingerprint density at radius 3 is 2.59 bits per heavy atom. The van der Waals surface area contributed by atoms with Gasteiger partial charge < -0.3 is 0 Å². The summed E-state index contributed by atoms with van der Waals surface area (Å²) in [4.78, 5) is 0. The van der Waals surface area contributed by atoms with Gasteiger partial charge in [-0.15, -0.1) is 11.3 Å². The number of hydrogen-bond acceptors (Lipinski definition) is 3. The van der Waals surface area contributed by atoms with E-state index in [1.54, 1.807) is 34.0 Å². The number of thiophene rings is 1. The standard InChI is InChI=1S/C16H18FNO2S2/c17-15-8-6-13(7-9-15)14-4-1-2-10-18(12-14)22(19,20)16-5-3-11-21-16/h3,5-9,11,14H,1-2,4,10,12H2. The molecule has 2 heterocycles. The van der Waals surface area contributed by atoms with Crippen molar-refractivity contribution >= 4 is 21.4 Å². The summed E-state index contributed by atoms with van der Waals surface area (Å²) in [5.41, 5.74) is 1.01. The maximum Gasteiger partial charge on any atom is 0.252 e. The van der Waals surface area contributed by atoms with Gasteiger partial charge >= 0.3 is 0 Å². The lowest BCUT2D eigenvalue weighted by molar-refractivity contribution is 0.407. The fourth-order valence-electron chi connectivity index (χ4n) is 2.87. The summed E-state index contributed by atoms with van der Waals surface area (Å²) in [5.74, 6) is -0.140. The van der Waals surface area contributed by atoms with Crippen molar-refractivity contribution in [3.05, 3.63) is 53.2 Å². The van der Waals surface area contributed by atoms with Gasteiger partial charge in [-0.2, -0.15) is 4.31 Å². The van der Waals surface area contributed by atoms with Crippen LogP contribution in [0.1, 0.15) is 30.7 Å². The zero-order valence-electron chi connectivity index (χ0n) is 12.1. The van der Waals surface area contributed by atoms with E-state index in [0.717, 1.165) is 24.8 Å². The lowest BCUT2D eigenvalue weighted by Gasteiger charge is -2.23. The Labute approximate surface area is 134 Å². The van der Waals surface area contributed by atoms with Crippen LogP contribution in [0.5, 0.6) is 0 Å². The predicted molar refractivity (Wildman–Crippen MR) is 86.1 cm³/mol. The van der Waals surface area contributed by atoms with Crippen molar-refractivity contribution in [2.24, 2.45) is 0 Å². The topological polar surface area (TPSA) is 37.4 Å². The van der Waals surface area contributed by atoms with E-state index < -0.39 is 10.0 Å². The molecule has 1 aliphatic heterocycles. The minimum Gasteiger partial charge on any atom is -0.207 e. The molecule has 0 spiro atoms. The molecule has 0 N–H and O–H groups in total. The smallest absolute Gasteiger partial charge is 0.207 e. The third kappa shape index (κ3) is 3.24. The van der Waals surface area contributed by atoms with Gasteiger partial charge in [0.2, 0.25) is 0 Å². The highest BCUT2D eigenvalue weighted by molar-refractivity contribution is 7.91. The molecule has 6 heteroatoms. The largest absolute Gasteiger partial charge is 0.252 e. The molecule has 1 fully saturated rings. The first-order valence-corrected chi connectivity index (χ1v) is 9.68. The maximum atomic E-state index is 13.1. The van der Waals surface area contributed by atoms with Gasteiger partial charge in [-0.05, 0) is 47.9 Å². The number of benzene rings is 1. The van der Waals surface area contributed by atoms with Crippen molar-refractivity contribution in [1.82, 2.24) is 4.31 Å². The van der Waals surface area contributed by atoms with Gasteiger partial charge in [-0.3, -0.25) is 0 Å². The molecule has 118 valence electrons. The Hall–Kier alpha value is -1.24. The van der Waals surface area contributed by atoms with Crippen LogP contribution in [0.4, 0.5) is 4.39 Å². The second-order valence-electron chi connectivity index (χ2n) is 5.54. The zero-order chi connectivity index (χ0) is 15.6. The molecule has 3 nitrogen and oxygen atoms in total. The third-order valence-corrected chi connectivity index (χ3v) is 7.30. The second kappa shape index (κ2) is 6.48.